The van der Waals surface area contributed by atoms with Crippen LogP contribution < -0.4 is 5.32 Å². The fourth-order valence-corrected chi connectivity index (χ4v) is 3.02. The van der Waals surface area contributed by atoms with E-state index in [9.17, 15) is 4.39 Å². The Hall–Kier alpha value is -0.970. The van der Waals surface area contributed by atoms with Crippen LogP contribution in [0.4, 0.5) is 4.39 Å². The number of nitrogens with one attached hydrogen (secondary N) is 1. The number of hydrogen-bond acceptors (Lipinski definition) is 3. The SMILES string of the molecule is CCOC1CCN(CCC(NC)c2ccc(F)cc2)CC1. The summed E-state index contributed by atoms with van der Waals surface area (Å²) in [4.78, 5) is 2.50. The summed E-state index contributed by atoms with van der Waals surface area (Å²) in [7, 11) is 1.97. The summed E-state index contributed by atoms with van der Waals surface area (Å²) < 4.78 is 18.7. The van der Waals surface area contributed by atoms with E-state index in [1.165, 1.54) is 12.1 Å². The molecule has 0 saturated carbocycles. The van der Waals surface area contributed by atoms with Crippen molar-refractivity contribution in [2.24, 2.45) is 0 Å². The molecule has 0 radical (unpaired) electrons. The molecule has 1 fully saturated rings. The lowest BCUT2D eigenvalue weighted by Crippen LogP contribution is -2.38. The van der Waals surface area contributed by atoms with Crippen LogP contribution in [0.2, 0.25) is 0 Å². The smallest absolute Gasteiger partial charge is 0.123 e. The molecular weight excluding hydrogens is 267 g/mol. The third-order valence-electron chi connectivity index (χ3n) is 4.29. The highest BCUT2D eigenvalue weighted by atomic mass is 19.1. The van der Waals surface area contributed by atoms with Crippen molar-refractivity contribution in [1.29, 1.82) is 0 Å². The Bertz CT molecular complexity index is 402. The molecule has 1 saturated heterocycles. The van der Waals surface area contributed by atoms with Gasteiger partial charge in [-0.15, -0.1) is 0 Å². The maximum absolute atomic E-state index is 13.0. The van der Waals surface area contributed by atoms with Crippen molar-refractivity contribution >= 4 is 0 Å². The van der Waals surface area contributed by atoms with Gasteiger partial charge in [-0.25, -0.2) is 4.39 Å². The number of benzene rings is 1. The normalized spacial score (nSPS) is 18.8. The fourth-order valence-electron chi connectivity index (χ4n) is 3.02. The van der Waals surface area contributed by atoms with Crippen LogP contribution >= 0.6 is 0 Å². The van der Waals surface area contributed by atoms with E-state index in [4.69, 9.17) is 4.74 Å². The first-order valence-corrected chi connectivity index (χ1v) is 7.99. The van der Waals surface area contributed by atoms with Crippen molar-refractivity contribution in [3.05, 3.63) is 35.6 Å². The van der Waals surface area contributed by atoms with Crippen LogP contribution in [0.25, 0.3) is 0 Å². The molecule has 1 N–H and O–H groups in total. The Morgan fingerprint density at radius 1 is 1.29 bits per heavy atom. The van der Waals surface area contributed by atoms with Crippen LogP contribution in [-0.4, -0.2) is 44.3 Å². The van der Waals surface area contributed by atoms with Crippen molar-refractivity contribution in [3.8, 4) is 0 Å². The second-order valence-electron chi connectivity index (χ2n) is 5.68. The maximum atomic E-state index is 13.0. The third-order valence-corrected chi connectivity index (χ3v) is 4.29. The minimum atomic E-state index is -0.174. The highest BCUT2D eigenvalue weighted by Crippen LogP contribution is 2.19. The lowest BCUT2D eigenvalue weighted by Gasteiger charge is -2.32. The van der Waals surface area contributed by atoms with Crippen LogP contribution in [0.5, 0.6) is 0 Å². The number of likely N-dealkylation sites (tertiary alicyclic amines) is 1. The van der Waals surface area contributed by atoms with Gasteiger partial charge in [0.1, 0.15) is 5.82 Å². The van der Waals surface area contributed by atoms with Crippen LogP contribution in [0, 0.1) is 5.82 Å². The van der Waals surface area contributed by atoms with Gasteiger partial charge in [0.05, 0.1) is 6.10 Å². The average molecular weight is 294 g/mol. The van der Waals surface area contributed by atoms with Crippen LogP contribution in [0.1, 0.15) is 37.8 Å². The predicted octanol–water partition coefficient (Wildman–Crippen LogP) is 2.98. The zero-order chi connectivity index (χ0) is 15.1. The van der Waals surface area contributed by atoms with Gasteiger partial charge in [-0.2, -0.15) is 0 Å². The van der Waals surface area contributed by atoms with Crippen LogP contribution in [-0.2, 0) is 4.74 Å². The number of nitrogens with zero attached hydrogens (tertiary/aromatic N) is 1. The topological polar surface area (TPSA) is 24.5 Å². The number of piperidine rings is 1. The molecule has 1 aliphatic heterocycles. The Morgan fingerprint density at radius 3 is 2.52 bits per heavy atom. The average Bonchev–Trinajstić information content (AvgIpc) is 2.51. The van der Waals surface area contributed by atoms with Gasteiger partial charge in [0.15, 0.2) is 0 Å². The van der Waals surface area contributed by atoms with E-state index >= 15 is 0 Å². The van der Waals surface area contributed by atoms with Gasteiger partial charge < -0.3 is 15.0 Å². The maximum Gasteiger partial charge on any atom is 0.123 e. The van der Waals surface area contributed by atoms with E-state index in [1.807, 2.05) is 19.2 Å². The Labute approximate surface area is 127 Å². The summed E-state index contributed by atoms with van der Waals surface area (Å²) in [6.45, 7) is 6.18. The highest BCUT2D eigenvalue weighted by Gasteiger charge is 2.20. The summed E-state index contributed by atoms with van der Waals surface area (Å²) in [6, 6.07) is 7.10. The predicted molar refractivity (Wildman–Crippen MR) is 83.9 cm³/mol. The third kappa shape index (κ3) is 5.06. The Balaban J connectivity index is 1.77. The zero-order valence-corrected chi connectivity index (χ0v) is 13.1. The monoisotopic (exact) mass is 294 g/mol. The summed E-state index contributed by atoms with van der Waals surface area (Å²) in [5, 5.41) is 3.33. The van der Waals surface area contributed by atoms with Crippen molar-refractivity contribution in [1.82, 2.24) is 10.2 Å². The summed E-state index contributed by atoms with van der Waals surface area (Å²) in [6.07, 6.45) is 3.76. The fraction of sp³-hybridized carbons (Fsp3) is 0.647. The molecule has 21 heavy (non-hydrogen) atoms. The summed E-state index contributed by atoms with van der Waals surface area (Å²) in [5.74, 6) is -0.174. The number of rotatable bonds is 7. The van der Waals surface area contributed by atoms with Gasteiger partial charge in [0.25, 0.3) is 0 Å². The summed E-state index contributed by atoms with van der Waals surface area (Å²) >= 11 is 0. The van der Waals surface area contributed by atoms with Crippen molar-refractivity contribution < 1.29 is 9.13 Å². The first-order valence-electron chi connectivity index (χ1n) is 7.99. The molecule has 3 nitrogen and oxygen atoms in total. The minimum absolute atomic E-state index is 0.174. The molecule has 1 aliphatic rings. The summed E-state index contributed by atoms with van der Waals surface area (Å²) in [5.41, 5.74) is 1.16. The van der Waals surface area contributed by atoms with E-state index in [0.717, 1.165) is 51.1 Å². The van der Waals surface area contributed by atoms with Gasteiger partial charge in [-0.3, -0.25) is 0 Å². The molecule has 2 rings (SSSR count). The largest absolute Gasteiger partial charge is 0.378 e. The van der Waals surface area contributed by atoms with E-state index in [1.54, 1.807) is 0 Å². The molecule has 4 heteroatoms. The molecular formula is C17H27FN2O. The lowest BCUT2D eigenvalue weighted by molar-refractivity contribution is 0.0136. The van der Waals surface area contributed by atoms with E-state index in [-0.39, 0.29) is 11.9 Å². The van der Waals surface area contributed by atoms with E-state index < -0.39 is 0 Å². The molecule has 1 unspecified atom stereocenters. The van der Waals surface area contributed by atoms with Gasteiger partial charge in [-0.1, -0.05) is 12.1 Å². The Kier molecular flexibility index (Phi) is 6.61. The molecule has 1 heterocycles. The first-order chi connectivity index (χ1) is 10.2. The molecule has 118 valence electrons. The van der Waals surface area contributed by atoms with Crippen molar-refractivity contribution in [2.75, 3.05) is 33.3 Å². The van der Waals surface area contributed by atoms with Gasteiger partial charge >= 0.3 is 0 Å². The van der Waals surface area contributed by atoms with Crippen LogP contribution in [0.3, 0.4) is 0 Å². The molecule has 1 aromatic rings. The quantitative estimate of drug-likeness (QED) is 0.837. The van der Waals surface area contributed by atoms with Crippen LogP contribution in [0.15, 0.2) is 24.3 Å². The van der Waals surface area contributed by atoms with Gasteiger partial charge in [0, 0.05) is 25.7 Å². The zero-order valence-electron chi connectivity index (χ0n) is 13.1. The molecule has 0 aliphatic carbocycles. The molecule has 0 aromatic heterocycles. The second kappa shape index (κ2) is 8.47. The first kappa shape index (κ1) is 16.4. The molecule has 0 bridgehead atoms. The number of hydrogen-bond donors (Lipinski definition) is 1. The van der Waals surface area contributed by atoms with Crippen molar-refractivity contribution in [3.63, 3.8) is 0 Å². The lowest BCUT2D eigenvalue weighted by atomic mass is 10.0. The molecule has 1 atom stereocenters. The minimum Gasteiger partial charge on any atom is -0.378 e. The number of halogens is 1. The molecule has 0 amide bonds. The van der Waals surface area contributed by atoms with E-state index in [2.05, 4.69) is 17.1 Å². The van der Waals surface area contributed by atoms with Gasteiger partial charge in [-0.05, 0) is 57.5 Å². The standard InChI is InChI=1S/C17H27FN2O/c1-3-21-16-8-11-20(12-9-16)13-10-17(19-2)14-4-6-15(18)7-5-14/h4-7,16-17,19H,3,8-13H2,1-2H3. The Morgan fingerprint density at radius 2 is 1.95 bits per heavy atom. The van der Waals surface area contributed by atoms with Gasteiger partial charge in [0.2, 0.25) is 0 Å². The molecule has 0 spiro atoms. The van der Waals surface area contributed by atoms with E-state index in [0.29, 0.717) is 6.10 Å². The number of ether oxygens (including phenoxy) is 1. The van der Waals surface area contributed by atoms with Crippen molar-refractivity contribution in [2.45, 2.75) is 38.3 Å². The molecule has 1 aromatic carbocycles. The second-order valence-corrected chi connectivity index (χ2v) is 5.68. The highest BCUT2D eigenvalue weighted by molar-refractivity contribution is 5.19.